The molecule has 0 saturated heterocycles. The lowest BCUT2D eigenvalue weighted by Crippen LogP contribution is -2.38. The number of rotatable bonds is 6. The number of Topliss-reactive ketones (excluding diaryl/α,β-unsaturated/α-hetero) is 1. The number of hydrogen-bond donors (Lipinski definition) is 0. The van der Waals surface area contributed by atoms with Crippen molar-refractivity contribution in [2.24, 2.45) is 0 Å². The Morgan fingerprint density at radius 3 is 2.52 bits per heavy atom. The first-order chi connectivity index (χ1) is 12.0. The average molecular weight is 342 g/mol. The number of halogens is 1. The second kappa shape index (κ2) is 7.03. The van der Waals surface area contributed by atoms with Gasteiger partial charge in [0, 0.05) is 6.54 Å². The number of nitrogens with zero attached hydrogens (tertiary/aromatic N) is 2. The van der Waals surface area contributed by atoms with E-state index in [0.717, 1.165) is 17.4 Å². The fraction of sp³-hybridized carbons (Fsp3) is 0.263. The van der Waals surface area contributed by atoms with Crippen molar-refractivity contribution in [2.45, 2.75) is 13.5 Å². The topological polar surface area (TPSA) is 49.9 Å². The maximum absolute atomic E-state index is 13.3. The summed E-state index contributed by atoms with van der Waals surface area (Å²) in [4.78, 5) is 27.5. The van der Waals surface area contributed by atoms with Crippen LogP contribution in [0.2, 0.25) is 0 Å². The second-order valence-corrected chi connectivity index (χ2v) is 5.96. The van der Waals surface area contributed by atoms with Crippen LogP contribution in [0.25, 0.3) is 0 Å². The Bertz CT molecular complexity index is 805. The van der Waals surface area contributed by atoms with E-state index in [1.807, 2.05) is 43.1 Å². The van der Waals surface area contributed by atoms with Gasteiger partial charge in [0.1, 0.15) is 11.6 Å². The Kier molecular flexibility index (Phi) is 4.81. The molecule has 2 aromatic rings. The molecule has 0 unspecified atom stereocenters. The summed E-state index contributed by atoms with van der Waals surface area (Å²) in [5.74, 6) is -1.00. The molecular weight excluding hydrogens is 323 g/mol. The molecule has 0 radical (unpaired) electrons. The van der Waals surface area contributed by atoms with Gasteiger partial charge >= 0.3 is 5.91 Å². The van der Waals surface area contributed by atoms with Gasteiger partial charge in [-0.25, -0.2) is 4.39 Å². The number of ketones is 1. The summed E-state index contributed by atoms with van der Waals surface area (Å²) in [5, 5.41) is 0. The Balaban J connectivity index is 1.70. The van der Waals surface area contributed by atoms with Crippen LogP contribution < -0.4 is 9.64 Å². The fourth-order valence-electron chi connectivity index (χ4n) is 2.87. The minimum atomic E-state index is -0.663. The predicted octanol–water partition coefficient (Wildman–Crippen LogP) is 2.84. The highest BCUT2D eigenvalue weighted by Crippen LogP contribution is 2.29. The lowest BCUT2D eigenvalue weighted by molar-refractivity contribution is -0.114. The van der Waals surface area contributed by atoms with Crippen LogP contribution in [-0.4, -0.2) is 36.9 Å². The summed E-state index contributed by atoms with van der Waals surface area (Å²) in [6.45, 7) is 3.39. The van der Waals surface area contributed by atoms with Gasteiger partial charge in [-0.2, -0.15) is 0 Å². The monoisotopic (exact) mass is 342 g/mol. The van der Waals surface area contributed by atoms with Crippen molar-refractivity contribution in [1.82, 2.24) is 4.90 Å². The normalized spacial score (nSPS) is 13.5. The molecule has 6 heteroatoms. The molecule has 5 nitrogen and oxygen atoms in total. The molecule has 1 aliphatic heterocycles. The van der Waals surface area contributed by atoms with E-state index >= 15 is 0 Å². The van der Waals surface area contributed by atoms with Crippen LogP contribution in [0.4, 0.5) is 10.1 Å². The Morgan fingerprint density at radius 1 is 1.12 bits per heavy atom. The SMILES string of the molecule is CCOc1ccc(CN(C)CN2C(=O)C(=O)c3cc(F)ccc32)cc1. The number of hydrogen-bond acceptors (Lipinski definition) is 4. The molecule has 1 aliphatic rings. The van der Waals surface area contributed by atoms with Crippen LogP contribution in [0.5, 0.6) is 5.75 Å². The van der Waals surface area contributed by atoms with Gasteiger partial charge < -0.3 is 4.74 Å². The highest BCUT2D eigenvalue weighted by molar-refractivity contribution is 6.52. The van der Waals surface area contributed by atoms with E-state index < -0.39 is 17.5 Å². The van der Waals surface area contributed by atoms with Crippen molar-refractivity contribution < 1.29 is 18.7 Å². The van der Waals surface area contributed by atoms with Crippen LogP contribution in [0.15, 0.2) is 42.5 Å². The van der Waals surface area contributed by atoms with Crippen molar-refractivity contribution in [2.75, 3.05) is 25.2 Å². The third-order valence-corrected chi connectivity index (χ3v) is 4.00. The quantitative estimate of drug-likeness (QED) is 0.758. The molecule has 1 heterocycles. The van der Waals surface area contributed by atoms with Gasteiger partial charge in [-0.1, -0.05) is 12.1 Å². The maximum Gasteiger partial charge on any atom is 0.300 e. The first-order valence-corrected chi connectivity index (χ1v) is 8.05. The summed E-state index contributed by atoms with van der Waals surface area (Å²) in [6, 6.07) is 11.6. The molecule has 0 aromatic heterocycles. The number of fused-ring (bicyclic) bond motifs is 1. The molecule has 3 rings (SSSR count). The molecule has 1 amide bonds. The van der Waals surface area contributed by atoms with Gasteiger partial charge in [0.15, 0.2) is 0 Å². The Hall–Kier alpha value is -2.73. The lowest BCUT2D eigenvalue weighted by atomic mass is 10.1. The summed E-state index contributed by atoms with van der Waals surface area (Å²) >= 11 is 0. The van der Waals surface area contributed by atoms with E-state index in [1.54, 1.807) is 0 Å². The standard InChI is InChI=1S/C19H19FN2O3/c1-3-25-15-7-4-13(5-8-15)11-21(2)12-22-17-9-6-14(20)10-16(17)18(23)19(22)24/h4-10H,3,11-12H2,1-2H3. The molecule has 25 heavy (non-hydrogen) atoms. The van der Waals surface area contributed by atoms with E-state index in [1.165, 1.54) is 17.0 Å². The number of carbonyl (C=O) groups excluding carboxylic acids is 2. The zero-order valence-electron chi connectivity index (χ0n) is 14.2. The highest BCUT2D eigenvalue weighted by Gasteiger charge is 2.36. The molecule has 0 saturated carbocycles. The molecular formula is C19H19FN2O3. The number of benzene rings is 2. The van der Waals surface area contributed by atoms with Crippen molar-refractivity contribution in [3.63, 3.8) is 0 Å². The van der Waals surface area contributed by atoms with Gasteiger partial charge in [0.05, 0.1) is 24.5 Å². The molecule has 130 valence electrons. The minimum absolute atomic E-state index is 0.125. The largest absolute Gasteiger partial charge is 0.494 e. The number of anilines is 1. The van der Waals surface area contributed by atoms with E-state index in [4.69, 9.17) is 4.74 Å². The molecule has 0 atom stereocenters. The summed E-state index contributed by atoms with van der Waals surface area (Å²) < 4.78 is 18.7. The number of carbonyl (C=O) groups is 2. The minimum Gasteiger partial charge on any atom is -0.494 e. The van der Waals surface area contributed by atoms with Crippen molar-refractivity contribution >= 4 is 17.4 Å². The van der Waals surface area contributed by atoms with Crippen molar-refractivity contribution in [3.8, 4) is 5.75 Å². The average Bonchev–Trinajstić information content (AvgIpc) is 2.81. The zero-order chi connectivity index (χ0) is 18.0. The number of ether oxygens (including phenoxy) is 1. The predicted molar refractivity (Wildman–Crippen MR) is 92.2 cm³/mol. The summed E-state index contributed by atoms with van der Waals surface area (Å²) in [5.41, 5.74) is 1.64. The maximum atomic E-state index is 13.3. The number of amides is 1. The molecule has 0 bridgehead atoms. The fourth-order valence-corrected chi connectivity index (χ4v) is 2.87. The van der Waals surface area contributed by atoms with Crippen LogP contribution >= 0.6 is 0 Å². The Labute approximate surface area is 145 Å². The van der Waals surface area contributed by atoms with Gasteiger partial charge in [0.2, 0.25) is 0 Å². The molecule has 0 N–H and O–H groups in total. The summed E-state index contributed by atoms with van der Waals surface area (Å²) in [7, 11) is 1.86. The Morgan fingerprint density at radius 2 is 1.84 bits per heavy atom. The van der Waals surface area contributed by atoms with E-state index in [-0.39, 0.29) is 12.2 Å². The molecule has 0 aliphatic carbocycles. The van der Waals surface area contributed by atoms with Gasteiger partial charge in [-0.15, -0.1) is 0 Å². The summed E-state index contributed by atoms with van der Waals surface area (Å²) in [6.07, 6.45) is 0. The highest BCUT2D eigenvalue weighted by atomic mass is 19.1. The van der Waals surface area contributed by atoms with Crippen LogP contribution in [0, 0.1) is 5.82 Å². The van der Waals surface area contributed by atoms with Crippen LogP contribution in [-0.2, 0) is 11.3 Å². The zero-order valence-corrected chi connectivity index (χ0v) is 14.2. The van der Waals surface area contributed by atoms with E-state index in [0.29, 0.717) is 18.8 Å². The van der Waals surface area contributed by atoms with Gasteiger partial charge in [0.25, 0.3) is 5.78 Å². The van der Waals surface area contributed by atoms with Crippen molar-refractivity contribution in [3.05, 3.63) is 59.4 Å². The van der Waals surface area contributed by atoms with Gasteiger partial charge in [-0.3, -0.25) is 19.4 Å². The first-order valence-electron chi connectivity index (χ1n) is 8.05. The lowest BCUT2D eigenvalue weighted by Gasteiger charge is -2.24. The van der Waals surface area contributed by atoms with Crippen molar-refractivity contribution in [1.29, 1.82) is 0 Å². The third kappa shape index (κ3) is 3.53. The van der Waals surface area contributed by atoms with Crippen LogP contribution in [0.1, 0.15) is 22.8 Å². The van der Waals surface area contributed by atoms with Gasteiger partial charge in [-0.05, 0) is 49.9 Å². The van der Waals surface area contributed by atoms with Crippen LogP contribution in [0.3, 0.4) is 0 Å². The molecule has 0 spiro atoms. The van der Waals surface area contributed by atoms with E-state index in [9.17, 15) is 14.0 Å². The van der Waals surface area contributed by atoms with E-state index in [2.05, 4.69) is 0 Å². The first kappa shape index (κ1) is 17.1. The third-order valence-electron chi connectivity index (χ3n) is 4.00. The smallest absolute Gasteiger partial charge is 0.300 e. The molecule has 0 fully saturated rings. The molecule has 2 aromatic carbocycles. The second-order valence-electron chi connectivity index (χ2n) is 5.96.